The molecule has 1 unspecified atom stereocenters. The van der Waals surface area contributed by atoms with Crippen molar-refractivity contribution >= 4 is 11.8 Å². The Morgan fingerprint density at radius 3 is 2.39 bits per heavy atom. The van der Waals surface area contributed by atoms with Gasteiger partial charge in [0.05, 0.1) is 6.10 Å². The van der Waals surface area contributed by atoms with Gasteiger partial charge in [-0.25, -0.2) is 0 Å². The van der Waals surface area contributed by atoms with Gasteiger partial charge in [-0.1, -0.05) is 13.8 Å². The van der Waals surface area contributed by atoms with E-state index in [9.17, 15) is 5.11 Å². The van der Waals surface area contributed by atoms with E-state index in [-0.39, 0.29) is 6.10 Å². The first-order valence-corrected chi connectivity index (χ1v) is 8.54. The molecule has 0 saturated carbocycles. The Morgan fingerprint density at radius 2 is 1.89 bits per heavy atom. The number of hydrogen-bond acceptors (Lipinski definition) is 4. The topological polar surface area (TPSA) is 35.5 Å². The lowest BCUT2D eigenvalue weighted by molar-refractivity contribution is 0.123. The van der Waals surface area contributed by atoms with E-state index >= 15 is 0 Å². The van der Waals surface area contributed by atoms with Crippen molar-refractivity contribution in [1.82, 2.24) is 10.2 Å². The predicted molar refractivity (Wildman–Crippen MR) is 81.4 cm³/mol. The molecule has 1 fully saturated rings. The number of hydrogen-bond donors (Lipinski definition) is 2. The molecule has 0 amide bonds. The third kappa shape index (κ3) is 5.08. The first-order valence-electron chi connectivity index (χ1n) is 7.32. The van der Waals surface area contributed by atoms with Crippen molar-refractivity contribution < 1.29 is 5.11 Å². The number of aliphatic hydroxyl groups is 1. The van der Waals surface area contributed by atoms with Crippen LogP contribution in [0.15, 0.2) is 0 Å². The first-order chi connectivity index (χ1) is 8.65. The van der Waals surface area contributed by atoms with Crippen LogP contribution >= 0.6 is 11.8 Å². The Kier molecular flexibility index (Phi) is 7.61. The van der Waals surface area contributed by atoms with Gasteiger partial charge in [0, 0.05) is 24.4 Å². The van der Waals surface area contributed by atoms with Crippen LogP contribution in [0.3, 0.4) is 0 Å². The highest BCUT2D eigenvalue weighted by Crippen LogP contribution is 2.29. The third-order valence-corrected chi connectivity index (χ3v) is 5.80. The summed E-state index contributed by atoms with van der Waals surface area (Å²) in [5.74, 6) is 0. The van der Waals surface area contributed by atoms with Crippen molar-refractivity contribution in [3.63, 3.8) is 0 Å². The van der Waals surface area contributed by atoms with E-state index in [1.54, 1.807) is 0 Å². The van der Waals surface area contributed by atoms with Crippen LogP contribution in [0.25, 0.3) is 0 Å². The van der Waals surface area contributed by atoms with E-state index in [1.807, 2.05) is 11.8 Å². The molecule has 3 nitrogen and oxygen atoms in total. The van der Waals surface area contributed by atoms with Gasteiger partial charge in [-0.15, -0.1) is 0 Å². The van der Waals surface area contributed by atoms with Crippen molar-refractivity contribution in [2.45, 2.75) is 50.4 Å². The van der Waals surface area contributed by atoms with Gasteiger partial charge in [-0.05, 0) is 45.0 Å². The second-order valence-electron chi connectivity index (χ2n) is 5.39. The van der Waals surface area contributed by atoms with E-state index in [1.165, 1.54) is 25.7 Å². The average Bonchev–Trinajstić information content (AvgIpc) is 2.88. The fourth-order valence-corrected chi connectivity index (χ4v) is 3.48. The molecule has 0 bridgehead atoms. The van der Waals surface area contributed by atoms with Crippen LogP contribution in [0.2, 0.25) is 0 Å². The second kappa shape index (κ2) is 8.41. The maximum absolute atomic E-state index is 10.0. The molecule has 1 heterocycles. The van der Waals surface area contributed by atoms with Gasteiger partial charge >= 0.3 is 0 Å². The van der Waals surface area contributed by atoms with Gasteiger partial charge in [0.1, 0.15) is 0 Å². The van der Waals surface area contributed by atoms with Gasteiger partial charge in [0.25, 0.3) is 0 Å². The zero-order valence-corrected chi connectivity index (χ0v) is 13.1. The molecule has 1 aliphatic rings. The fraction of sp³-hybridized carbons (Fsp3) is 1.00. The number of β-amino-alcohol motifs (C(OH)–C–C–N with tert-alkyl or cyclic N) is 1. The standard InChI is InChI=1S/C14H30N2OS/c1-4-14(5-2,18-3)12-15-10-13(17)11-16-8-6-7-9-16/h13,15,17H,4-12H2,1-3H3. The molecule has 4 heteroatoms. The number of nitrogens with one attached hydrogen (secondary N) is 1. The van der Waals surface area contributed by atoms with Crippen molar-refractivity contribution in [1.29, 1.82) is 0 Å². The molecule has 1 aliphatic heterocycles. The van der Waals surface area contributed by atoms with E-state index in [2.05, 4.69) is 30.3 Å². The van der Waals surface area contributed by atoms with Crippen LogP contribution in [0, 0.1) is 0 Å². The molecule has 1 saturated heterocycles. The molecule has 0 radical (unpaired) electrons. The quantitative estimate of drug-likeness (QED) is 0.674. The van der Waals surface area contributed by atoms with Crippen LogP contribution in [-0.2, 0) is 0 Å². The lowest BCUT2D eigenvalue weighted by Crippen LogP contribution is -2.42. The monoisotopic (exact) mass is 274 g/mol. The van der Waals surface area contributed by atoms with Crippen molar-refractivity contribution in [2.24, 2.45) is 0 Å². The summed E-state index contributed by atoms with van der Waals surface area (Å²) in [4.78, 5) is 2.37. The molecular formula is C14H30N2OS. The lowest BCUT2D eigenvalue weighted by atomic mass is 10.0. The smallest absolute Gasteiger partial charge is 0.0791 e. The highest BCUT2D eigenvalue weighted by atomic mass is 32.2. The molecule has 0 aromatic heterocycles. The number of rotatable bonds is 9. The summed E-state index contributed by atoms with van der Waals surface area (Å²) < 4.78 is 0.341. The Hall–Kier alpha value is 0.230. The first kappa shape index (κ1) is 16.3. The number of thioether (sulfide) groups is 1. The maximum Gasteiger partial charge on any atom is 0.0791 e. The summed E-state index contributed by atoms with van der Waals surface area (Å²) in [5, 5.41) is 13.5. The second-order valence-corrected chi connectivity index (χ2v) is 6.66. The Labute approximate surface area is 117 Å². The average molecular weight is 274 g/mol. The van der Waals surface area contributed by atoms with Crippen molar-refractivity contribution in [3.05, 3.63) is 0 Å². The molecule has 1 rings (SSSR count). The molecule has 108 valence electrons. The molecule has 0 aromatic carbocycles. The Morgan fingerprint density at radius 1 is 1.28 bits per heavy atom. The van der Waals surface area contributed by atoms with Gasteiger partial charge in [0.15, 0.2) is 0 Å². The summed E-state index contributed by atoms with van der Waals surface area (Å²) in [7, 11) is 0. The summed E-state index contributed by atoms with van der Waals surface area (Å²) >= 11 is 1.95. The molecule has 2 N–H and O–H groups in total. The van der Waals surface area contributed by atoms with E-state index in [0.29, 0.717) is 4.75 Å². The van der Waals surface area contributed by atoms with Gasteiger partial charge in [0.2, 0.25) is 0 Å². The highest BCUT2D eigenvalue weighted by molar-refractivity contribution is 8.00. The lowest BCUT2D eigenvalue weighted by Gasteiger charge is -2.30. The third-order valence-electron chi connectivity index (χ3n) is 4.22. The van der Waals surface area contributed by atoms with Crippen LogP contribution in [0.1, 0.15) is 39.5 Å². The Balaban J connectivity index is 2.18. The number of nitrogens with zero attached hydrogens (tertiary/aromatic N) is 1. The number of likely N-dealkylation sites (tertiary alicyclic amines) is 1. The normalized spacial score (nSPS) is 19.3. The molecule has 18 heavy (non-hydrogen) atoms. The largest absolute Gasteiger partial charge is 0.390 e. The summed E-state index contributed by atoms with van der Waals surface area (Å²) in [6, 6.07) is 0. The minimum atomic E-state index is -0.226. The van der Waals surface area contributed by atoms with E-state index in [4.69, 9.17) is 0 Å². The molecular weight excluding hydrogens is 244 g/mol. The SMILES string of the molecule is CCC(CC)(CNCC(O)CN1CCCC1)SC. The van der Waals surface area contributed by atoms with Crippen LogP contribution in [0.4, 0.5) is 0 Å². The summed E-state index contributed by atoms with van der Waals surface area (Å²) in [6.07, 6.45) is 6.91. The van der Waals surface area contributed by atoms with Crippen LogP contribution < -0.4 is 5.32 Å². The van der Waals surface area contributed by atoms with E-state index in [0.717, 1.165) is 32.7 Å². The van der Waals surface area contributed by atoms with Gasteiger partial charge in [-0.3, -0.25) is 0 Å². The van der Waals surface area contributed by atoms with E-state index < -0.39 is 0 Å². The zero-order valence-electron chi connectivity index (χ0n) is 12.2. The van der Waals surface area contributed by atoms with Crippen molar-refractivity contribution in [3.8, 4) is 0 Å². The van der Waals surface area contributed by atoms with Crippen LogP contribution in [-0.4, -0.2) is 59.8 Å². The van der Waals surface area contributed by atoms with Crippen molar-refractivity contribution in [2.75, 3.05) is 39.0 Å². The molecule has 1 atom stereocenters. The summed E-state index contributed by atoms with van der Waals surface area (Å²) in [6.45, 7) is 9.38. The maximum atomic E-state index is 10.0. The molecule has 0 aliphatic carbocycles. The minimum absolute atomic E-state index is 0.226. The Bertz CT molecular complexity index is 208. The van der Waals surface area contributed by atoms with Crippen LogP contribution in [0.5, 0.6) is 0 Å². The number of aliphatic hydroxyl groups excluding tert-OH is 1. The van der Waals surface area contributed by atoms with Gasteiger partial charge in [-0.2, -0.15) is 11.8 Å². The minimum Gasteiger partial charge on any atom is -0.390 e. The fourth-order valence-electron chi connectivity index (χ4n) is 2.66. The summed E-state index contributed by atoms with van der Waals surface area (Å²) in [5.41, 5.74) is 0. The predicted octanol–water partition coefficient (Wildman–Crippen LogP) is 1.95. The molecule has 0 aromatic rings. The highest BCUT2D eigenvalue weighted by Gasteiger charge is 2.24. The zero-order chi connectivity index (χ0) is 13.4. The van der Waals surface area contributed by atoms with Gasteiger partial charge < -0.3 is 15.3 Å². The molecule has 0 spiro atoms.